The van der Waals surface area contributed by atoms with Gasteiger partial charge in [-0.05, 0) is 55.0 Å². The zero-order valence-corrected chi connectivity index (χ0v) is 23.3. The van der Waals surface area contributed by atoms with Crippen molar-refractivity contribution >= 4 is 22.4 Å². The normalized spacial score (nSPS) is 14.9. The van der Waals surface area contributed by atoms with Gasteiger partial charge in [-0.15, -0.1) is 5.10 Å². The molecule has 6 aromatic rings. The highest BCUT2D eigenvalue weighted by molar-refractivity contribution is 7.15. The number of aromatic nitrogens is 5. The van der Waals surface area contributed by atoms with Gasteiger partial charge in [0, 0.05) is 17.3 Å². The lowest BCUT2D eigenvalue weighted by Gasteiger charge is -2.24. The van der Waals surface area contributed by atoms with E-state index in [2.05, 4.69) is 10.1 Å². The molecule has 3 aromatic heterocycles. The summed E-state index contributed by atoms with van der Waals surface area (Å²) < 4.78 is 35.6. The Kier molecular flexibility index (Phi) is 6.63. The number of hydrogen-bond donors (Lipinski definition) is 0. The van der Waals surface area contributed by atoms with E-state index in [-0.39, 0.29) is 17.9 Å². The molecule has 0 fully saturated rings. The van der Waals surface area contributed by atoms with Crippen LogP contribution in [0.4, 0.5) is 4.39 Å². The molecule has 1 atom stereocenters. The lowest BCUT2D eigenvalue weighted by atomic mass is 10.1. The minimum absolute atomic E-state index is 0.188. The van der Waals surface area contributed by atoms with Crippen LogP contribution in [-0.4, -0.2) is 37.6 Å². The van der Waals surface area contributed by atoms with Crippen molar-refractivity contribution in [3.05, 3.63) is 111 Å². The fraction of sp³-hybridized carbons (Fsp3) is 0.161. The molecule has 1 unspecified atom stereocenters. The monoisotopic (exact) mass is 581 g/mol. The minimum Gasteiger partial charge on any atom is -0.491 e. The third-order valence-corrected chi connectivity index (χ3v) is 7.67. The maximum atomic E-state index is 14.9. The summed E-state index contributed by atoms with van der Waals surface area (Å²) >= 11 is 1.21. The van der Waals surface area contributed by atoms with Gasteiger partial charge in [0.25, 0.3) is 5.56 Å². The first-order valence-corrected chi connectivity index (χ1v) is 14.3. The van der Waals surface area contributed by atoms with Crippen LogP contribution in [-0.2, 0) is 0 Å². The lowest BCUT2D eigenvalue weighted by molar-refractivity contribution is 0.0852. The maximum Gasteiger partial charge on any atom is 0.291 e. The summed E-state index contributed by atoms with van der Waals surface area (Å²) in [5.41, 5.74) is 2.22. The van der Waals surface area contributed by atoms with Crippen LogP contribution in [0.1, 0.15) is 30.8 Å². The number of fused-ring (bicyclic) bond motifs is 2. The SMILES string of the molecule is CCCOc1ccc(-c2nn(-c3ccccc3)cc2/C=c2\sc3nc(C4COc5ccccc5O4)nn3c2=O)cc1F. The summed E-state index contributed by atoms with van der Waals surface area (Å²) in [4.78, 5) is 18.4. The van der Waals surface area contributed by atoms with Crippen molar-refractivity contribution in [2.75, 3.05) is 13.2 Å². The van der Waals surface area contributed by atoms with Crippen LogP contribution in [0.25, 0.3) is 28.0 Å². The van der Waals surface area contributed by atoms with Crippen molar-refractivity contribution in [1.82, 2.24) is 24.4 Å². The lowest BCUT2D eigenvalue weighted by Crippen LogP contribution is -2.26. The Morgan fingerprint density at radius 3 is 2.67 bits per heavy atom. The summed E-state index contributed by atoms with van der Waals surface area (Å²) in [5, 5.41) is 9.20. The van der Waals surface area contributed by atoms with Crippen molar-refractivity contribution in [1.29, 1.82) is 0 Å². The van der Waals surface area contributed by atoms with Gasteiger partial charge in [-0.3, -0.25) is 4.79 Å². The Morgan fingerprint density at radius 2 is 1.88 bits per heavy atom. The Balaban J connectivity index is 1.27. The molecule has 0 saturated heterocycles. The zero-order valence-electron chi connectivity index (χ0n) is 22.4. The van der Waals surface area contributed by atoms with Gasteiger partial charge >= 0.3 is 0 Å². The van der Waals surface area contributed by atoms with Gasteiger partial charge in [-0.2, -0.15) is 14.6 Å². The van der Waals surface area contributed by atoms with Crippen molar-refractivity contribution in [2.24, 2.45) is 0 Å². The van der Waals surface area contributed by atoms with E-state index in [0.717, 1.165) is 12.1 Å². The summed E-state index contributed by atoms with van der Waals surface area (Å²) in [7, 11) is 0. The number of thiazole rings is 1. The molecule has 0 bridgehead atoms. The third kappa shape index (κ3) is 4.77. The molecule has 1 aliphatic rings. The standard InChI is InChI=1S/C31H24FN5O4S/c1-2-14-39-23-13-12-19(15-22(23)32)28-20(17-36(34-28)21-8-4-3-5-9-21)16-27-30(38)37-31(42-27)33-29(35-37)26-18-40-24-10-6-7-11-25(24)41-26/h3-13,15-17,26H,2,14,18H2,1H3/b27-16-. The average molecular weight is 582 g/mol. The van der Waals surface area contributed by atoms with Gasteiger partial charge in [0.15, 0.2) is 35.0 Å². The number of rotatable bonds is 7. The Bertz CT molecular complexity index is 2020. The molecule has 210 valence electrons. The molecule has 0 N–H and O–H groups in total. The van der Waals surface area contributed by atoms with E-state index in [9.17, 15) is 9.18 Å². The molecule has 42 heavy (non-hydrogen) atoms. The molecule has 7 rings (SSSR count). The molecule has 11 heteroatoms. The summed E-state index contributed by atoms with van der Waals surface area (Å²) in [6.07, 6.45) is 3.79. The van der Waals surface area contributed by atoms with E-state index in [1.54, 1.807) is 22.9 Å². The number of nitrogens with zero attached hydrogens (tertiary/aromatic N) is 5. The molecule has 0 spiro atoms. The molecule has 0 aliphatic carbocycles. The van der Waals surface area contributed by atoms with Crippen molar-refractivity contribution in [2.45, 2.75) is 19.4 Å². The largest absolute Gasteiger partial charge is 0.491 e. The Hall–Kier alpha value is -5.03. The molecule has 9 nitrogen and oxygen atoms in total. The van der Waals surface area contributed by atoms with E-state index >= 15 is 0 Å². The van der Waals surface area contributed by atoms with Gasteiger partial charge < -0.3 is 14.2 Å². The van der Waals surface area contributed by atoms with Crippen molar-refractivity contribution < 1.29 is 18.6 Å². The maximum absolute atomic E-state index is 14.9. The molecule has 1 aliphatic heterocycles. The summed E-state index contributed by atoms with van der Waals surface area (Å²) in [6.45, 7) is 2.63. The second kappa shape index (κ2) is 10.7. The second-order valence-electron chi connectivity index (χ2n) is 9.65. The van der Waals surface area contributed by atoms with E-state index in [0.29, 0.717) is 50.2 Å². The van der Waals surface area contributed by atoms with Gasteiger partial charge in [0.1, 0.15) is 12.3 Å². The second-order valence-corrected chi connectivity index (χ2v) is 10.7. The first-order chi connectivity index (χ1) is 20.6. The van der Waals surface area contributed by atoms with Crippen LogP contribution >= 0.6 is 11.3 Å². The Labute approximate surface area is 243 Å². The fourth-order valence-electron chi connectivity index (χ4n) is 4.68. The first kappa shape index (κ1) is 25.9. The van der Waals surface area contributed by atoms with Crippen LogP contribution in [0.5, 0.6) is 17.2 Å². The fourth-order valence-corrected chi connectivity index (χ4v) is 5.59. The van der Waals surface area contributed by atoms with Crippen LogP contribution in [0, 0.1) is 5.82 Å². The molecule has 0 amide bonds. The summed E-state index contributed by atoms with van der Waals surface area (Å²) in [5.74, 6) is 1.35. The van der Waals surface area contributed by atoms with Crippen LogP contribution in [0.2, 0.25) is 0 Å². The zero-order chi connectivity index (χ0) is 28.6. The highest BCUT2D eigenvalue weighted by Gasteiger charge is 2.27. The van der Waals surface area contributed by atoms with E-state index < -0.39 is 11.9 Å². The number of halogens is 1. The third-order valence-electron chi connectivity index (χ3n) is 6.71. The average Bonchev–Trinajstić information content (AvgIpc) is 3.71. The van der Waals surface area contributed by atoms with Gasteiger partial charge in [0.2, 0.25) is 4.96 Å². The van der Waals surface area contributed by atoms with Gasteiger partial charge in [-0.1, -0.05) is 48.6 Å². The van der Waals surface area contributed by atoms with Gasteiger partial charge in [-0.25, -0.2) is 9.07 Å². The number of hydrogen-bond acceptors (Lipinski definition) is 8. The van der Waals surface area contributed by atoms with Crippen LogP contribution in [0.3, 0.4) is 0 Å². The summed E-state index contributed by atoms with van der Waals surface area (Å²) in [6, 6.07) is 21.7. The molecular formula is C31H24FN5O4S. The molecule has 0 radical (unpaired) electrons. The molecule has 3 aromatic carbocycles. The molecular weight excluding hydrogens is 557 g/mol. The van der Waals surface area contributed by atoms with Crippen LogP contribution < -0.4 is 24.3 Å². The minimum atomic E-state index is -0.534. The quantitative estimate of drug-likeness (QED) is 0.262. The van der Waals surface area contributed by atoms with E-state index in [1.807, 2.05) is 67.7 Å². The predicted octanol–water partition coefficient (Wildman–Crippen LogP) is 4.99. The predicted molar refractivity (Wildman–Crippen MR) is 156 cm³/mol. The van der Waals surface area contributed by atoms with E-state index in [4.69, 9.17) is 19.3 Å². The van der Waals surface area contributed by atoms with Crippen molar-refractivity contribution in [3.8, 4) is 34.2 Å². The van der Waals surface area contributed by atoms with Crippen molar-refractivity contribution in [3.63, 3.8) is 0 Å². The molecule has 0 saturated carbocycles. The number of benzene rings is 3. The number of ether oxygens (including phenoxy) is 3. The smallest absolute Gasteiger partial charge is 0.291 e. The van der Waals surface area contributed by atoms with E-state index in [1.165, 1.54) is 21.9 Å². The number of para-hydroxylation sites is 3. The molecule has 4 heterocycles. The topological polar surface area (TPSA) is 92.8 Å². The highest BCUT2D eigenvalue weighted by atomic mass is 32.1. The Morgan fingerprint density at radius 1 is 1.07 bits per heavy atom. The first-order valence-electron chi connectivity index (χ1n) is 13.4. The highest BCUT2D eigenvalue weighted by Crippen LogP contribution is 2.35. The van der Waals surface area contributed by atoms with Crippen LogP contribution in [0.15, 0.2) is 83.8 Å². The van der Waals surface area contributed by atoms with Gasteiger partial charge in [0.05, 0.1) is 16.8 Å².